The molecule has 0 amide bonds. The van der Waals surface area contributed by atoms with Crippen LogP contribution in [0, 0.1) is 10.6 Å². The standard InChI is InChI=1S/C13H8ClFN2S/c14-8-3-1-4-9(7-8)17-11-6-2-5-10(15)12(11)16-13(17)18/h1-7H,(H,16,18). The summed E-state index contributed by atoms with van der Waals surface area (Å²) in [5.74, 6) is -0.320. The van der Waals surface area contributed by atoms with Crippen LogP contribution in [0.3, 0.4) is 0 Å². The number of benzene rings is 2. The molecule has 0 atom stereocenters. The second kappa shape index (κ2) is 4.23. The predicted molar refractivity (Wildman–Crippen MR) is 73.4 cm³/mol. The predicted octanol–water partition coefficient (Wildman–Crippen LogP) is 4.48. The molecule has 18 heavy (non-hydrogen) atoms. The van der Waals surface area contributed by atoms with Gasteiger partial charge in [-0.25, -0.2) is 4.39 Å². The first-order chi connectivity index (χ1) is 8.66. The van der Waals surface area contributed by atoms with Crippen molar-refractivity contribution in [1.29, 1.82) is 0 Å². The molecule has 0 radical (unpaired) electrons. The van der Waals surface area contributed by atoms with E-state index in [1.54, 1.807) is 22.8 Å². The van der Waals surface area contributed by atoms with Gasteiger partial charge in [0.2, 0.25) is 0 Å². The van der Waals surface area contributed by atoms with Crippen LogP contribution in [0.1, 0.15) is 0 Å². The van der Waals surface area contributed by atoms with Crippen molar-refractivity contribution in [2.45, 2.75) is 0 Å². The van der Waals surface area contributed by atoms with Crippen molar-refractivity contribution in [3.05, 3.63) is 58.1 Å². The van der Waals surface area contributed by atoms with Gasteiger partial charge in [0.1, 0.15) is 11.3 Å². The molecule has 0 aliphatic rings. The minimum Gasteiger partial charge on any atom is -0.328 e. The highest BCUT2D eigenvalue weighted by atomic mass is 35.5. The van der Waals surface area contributed by atoms with E-state index in [9.17, 15) is 4.39 Å². The number of imidazole rings is 1. The summed E-state index contributed by atoms with van der Waals surface area (Å²) in [4.78, 5) is 2.87. The highest BCUT2D eigenvalue weighted by Gasteiger charge is 2.09. The summed E-state index contributed by atoms with van der Waals surface area (Å²) < 4.78 is 15.9. The molecule has 3 aromatic rings. The maximum Gasteiger partial charge on any atom is 0.182 e. The lowest BCUT2D eigenvalue weighted by molar-refractivity contribution is 0.637. The van der Waals surface area contributed by atoms with E-state index in [0.717, 1.165) is 5.69 Å². The molecule has 0 unspecified atom stereocenters. The van der Waals surface area contributed by atoms with Gasteiger partial charge < -0.3 is 4.98 Å². The van der Waals surface area contributed by atoms with Crippen molar-refractivity contribution < 1.29 is 4.39 Å². The third-order valence-electron chi connectivity index (χ3n) is 2.73. The minimum atomic E-state index is -0.320. The Morgan fingerprint density at radius 1 is 1.17 bits per heavy atom. The van der Waals surface area contributed by atoms with Crippen LogP contribution in [0.4, 0.5) is 4.39 Å². The first kappa shape index (κ1) is 11.4. The fourth-order valence-corrected chi connectivity index (χ4v) is 2.46. The van der Waals surface area contributed by atoms with Gasteiger partial charge in [0.15, 0.2) is 4.77 Å². The second-order valence-corrected chi connectivity index (χ2v) is 4.70. The number of rotatable bonds is 1. The van der Waals surface area contributed by atoms with Crippen molar-refractivity contribution >= 4 is 34.9 Å². The van der Waals surface area contributed by atoms with Crippen molar-refractivity contribution in [2.24, 2.45) is 0 Å². The summed E-state index contributed by atoms with van der Waals surface area (Å²) in [6, 6.07) is 12.1. The van der Waals surface area contributed by atoms with Gasteiger partial charge in [0.05, 0.1) is 5.52 Å². The van der Waals surface area contributed by atoms with E-state index >= 15 is 0 Å². The van der Waals surface area contributed by atoms with Crippen LogP contribution in [-0.2, 0) is 0 Å². The number of fused-ring (bicyclic) bond motifs is 1. The van der Waals surface area contributed by atoms with E-state index in [0.29, 0.717) is 20.8 Å². The first-order valence-electron chi connectivity index (χ1n) is 5.32. The molecule has 1 heterocycles. The van der Waals surface area contributed by atoms with Gasteiger partial charge in [-0.1, -0.05) is 23.7 Å². The van der Waals surface area contributed by atoms with Crippen molar-refractivity contribution in [3.63, 3.8) is 0 Å². The summed E-state index contributed by atoms with van der Waals surface area (Å²) in [6.45, 7) is 0. The molecule has 5 heteroatoms. The lowest BCUT2D eigenvalue weighted by atomic mass is 10.2. The molecular formula is C13H8ClFN2S. The third-order valence-corrected chi connectivity index (χ3v) is 3.25. The number of nitrogens with one attached hydrogen (secondary N) is 1. The Morgan fingerprint density at radius 3 is 2.72 bits per heavy atom. The lowest BCUT2D eigenvalue weighted by Gasteiger charge is -2.04. The van der Waals surface area contributed by atoms with Crippen molar-refractivity contribution in [1.82, 2.24) is 9.55 Å². The number of H-pyrrole nitrogens is 1. The maximum atomic E-state index is 13.7. The molecule has 1 aromatic heterocycles. The van der Waals surface area contributed by atoms with Crippen molar-refractivity contribution in [3.8, 4) is 5.69 Å². The van der Waals surface area contributed by atoms with E-state index in [2.05, 4.69) is 4.98 Å². The maximum absolute atomic E-state index is 13.7. The van der Waals surface area contributed by atoms with Gasteiger partial charge in [-0.3, -0.25) is 4.57 Å². The number of aromatic amines is 1. The normalized spacial score (nSPS) is 11.0. The summed E-state index contributed by atoms with van der Waals surface area (Å²) >= 11 is 11.2. The minimum absolute atomic E-state index is 0.320. The summed E-state index contributed by atoms with van der Waals surface area (Å²) in [7, 11) is 0. The van der Waals surface area contributed by atoms with Crippen LogP contribution >= 0.6 is 23.8 Å². The van der Waals surface area contributed by atoms with Gasteiger partial charge in [0, 0.05) is 10.7 Å². The van der Waals surface area contributed by atoms with Crippen LogP contribution in [0.5, 0.6) is 0 Å². The molecule has 0 saturated carbocycles. The molecule has 0 saturated heterocycles. The molecule has 0 aliphatic heterocycles. The molecule has 2 aromatic carbocycles. The number of hydrogen-bond donors (Lipinski definition) is 1. The number of halogens is 2. The third kappa shape index (κ3) is 1.74. The smallest absolute Gasteiger partial charge is 0.182 e. The Kier molecular flexibility index (Phi) is 2.69. The Bertz CT molecular complexity index is 791. The zero-order valence-corrected chi connectivity index (χ0v) is 10.7. The fraction of sp³-hybridized carbons (Fsp3) is 0. The van der Waals surface area contributed by atoms with E-state index in [1.165, 1.54) is 6.07 Å². The summed E-state index contributed by atoms with van der Waals surface area (Å²) in [5, 5.41) is 0.611. The quantitative estimate of drug-likeness (QED) is 0.651. The Balaban J connectivity index is 2.39. The van der Waals surface area contributed by atoms with Gasteiger partial charge in [-0.05, 0) is 42.5 Å². The molecular weight excluding hydrogens is 271 g/mol. The molecule has 3 rings (SSSR count). The van der Waals surface area contributed by atoms with Crippen LogP contribution in [-0.4, -0.2) is 9.55 Å². The average molecular weight is 279 g/mol. The van der Waals surface area contributed by atoms with Crippen LogP contribution in [0.2, 0.25) is 5.02 Å². The second-order valence-electron chi connectivity index (χ2n) is 3.88. The molecule has 1 N–H and O–H groups in total. The Hall–Kier alpha value is -1.65. The van der Waals surface area contributed by atoms with Gasteiger partial charge in [-0.15, -0.1) is 0 Å². The monoisotopic (exact) mass is 278 g/mol. The molecule has 0 aliphatic carbocycles. The molecule has 2 nitrogen and oxygen atoms in total. The summed E-state index contributed by atoms with van der Waals surface area (Å²) in [6.07, 6.45) is 0. The molecule has 90 valence electrons. The first-order valence-corrected chi connectivity index (χ1v) is 6.10. The number of para-hydroxylation sites is 1. The topological polar surface area (TPSA) is 20.7 Å². The van der Waals surface area contributed by atoms with E-state index < -0.39 is 0 Å². The van der Waals surface area contributed by atoms with Crippen molar-refractivity contribution in [2.75, 3.05) is 0 Å². The lowest BCUT2D eigenvalue weighted by Crippen LogP contribution is -1.93. The van der Waals surface area contributed by atoms with E-state index in [-0.39, 0.29) is 5.82 Å². The highest BCUT2D eigenvalue weighted by Crippen LogP contribution is 2.23. The zero-order valence-electron chi connectivity index (χ0n) is 9.15. The highest BCUT2D eigenvalue weighted by molar-refractivity contribution is 7.71. The number of hydrogen-bond acceptors (Lipinski definition) is 1. The average Bonchev–Trinajstić information content (AvgIpc) is 2.67. The van der Waals surface area contributed by atoms with Crippen LogP contribution in [0.25, 0.3) is 16.7 Å². The SMILES string of the molecule is Fc1cccc2c1[nH]c(=S)n2-c1cccc(Cl)c1. The van der Waals surface area contributed by atoms with Crippen LogP contribution in [0.15, 0.2) is 42.5 Å². The largest absolute Gasteiger partial charge is 0.328 e. The van der Waals surface area contributed by atoms with Gasteiger partial charge >= 0.3 is 0 Å². The number of nitrogens with zero attached hydrogens (tertiary/aromatic N) is 1. The van der Waals surface area contributed by atoms with Gasteiger partial charge in [0.25, 0.3) is 0 Å². The molecule has 0 fully saturated rings. The number of aromatic nitrogens is 2. The molecule has 0 spiro atoms. The zero-order chi connectivity index (χ0) is 12.7. The Morgan fingerprint density at radius 2 is 1.94 bits per heavy atom. The van der Waals surface area contributed by atoms with E-state index in [4.69, 9.17) is 23.8 Å². The van der Waals surface area contributed by atoms with E-state index in [1.807, 2.05) is 18.2 Å². The molecule has 0 bridgehead atoms. The van der Waals surface area contributed by atoms with Gasteiger partial charge in [-0.2, -0.15) is 0 Å². The fourth-order valence-electron chi connectivity index (χ4n) is 1.97. The summed E-state index contributed by atoms with van der Waals surface area (Å²) in [5.41, 5.74) is 1.91. The van der Waals surface area contributed by atoms with Crippen LogP contribution < -0.4 is 0 Å². The Labute approximate surface area is 113 Å².